The average molecular weight is 191 g/mol. The van der Waals surface area contributed by atoms with Crippen molar-refractivity contribution in [1.82, 2.24) is 4.98 Å². The van der Waals surface area contributed by atoms with Gasteiger partial charge in [0.05, 0.1) is 18.8 Å². The number of aromatic nitrogens is 1. The molecule has 1 saturated heterocycles. The number of hydrogen-bond donors (Lipinski definition) is 1. The predicted octanol–water partition coefficient (Wildman–Crippen LogP) is 1.03. The van der Waals surface area contributed by atoms with Gasteiger partial charge in [-0.3, -0.25) is 0 Å². The van der Waals surface area contributed by atoms with Crippen molar-refractivity contribution in [2.24, 2.45) is 0 Å². The van der Waals surface area contributed by atoms with E-state index in [1.807, 2.05) is 13.0 Å². The highest BCUT2D eigenvalue weighted by atomic mass is 16.5. The first-order valence-electron chi connectivity index (χ1n) is 4.73. The van der Waals surface area contributed by atoms with E-state index in [0.29, 0.717) is 0 Å². The third-order valence-electron chi connectivity index (χ3n) is 2.38. The van der Waals surface area contributed by atoms with Crippen LogP contribution in [0.5, 0.6) is 0 Å². The van der Waals surface area contributed by atoms with Crippen LogP contribution in [-0.2, 0) is 4.74 Å². The van der Waals surface area contributed by atoms with Gasteiger partial charge in [-0.2, -0.15) is 5.26 Å². The predicted molar refractivity (Wildman–Crippen MR) is 53.3 cm³/mol. The fourth-order valence-electron chi connectivity index (χ4n) is 1.70. The van der Waals surface area contributed by atoms with Crippen molar-refractivity contribution in [3.05, 3.63) is 17.3 Å². The van der Waals surface area contributed by atoms with Crippen LogP contribution >= 0.6 is 0 Å². The van der Waals surface area contributed by atoms with Gasteiger partial charge in [-0.15, -0.1) is 0 Å². The Labute approximate surface area is 83.1 Å². The zero-order valence-corrected chi connectivity index (χ0v) is 8.21. The maximum Gasteiger partial charge on any atom is 0.124 e. The van der Waals surface area contributed by atoms with Gasteiger partial charge in [0, 0.05) is 18.8 Å². The number of nitriles is 1. The Balaban J connectivity index is 2.25. The van der Waals surface area contributed by atoms with Crippen molar-refractivity contribution in [3.63, 3.8) is 0 Å². The van der Waals surface area contributed by atoms with Gasteiger partial charge in [-0.1, -0.05) is 0 Å². The molecule has 0 aromatic carbocycles. The van der Waals surface area contributed by atoms with E-state index in [0.717, 1.165) is 43.4 Å². The molecule has 0 atom stereocenters. The lowest BCUT2D eigenvalue weighted by Crippen LogP contribution is -2.36. The summed E-state index contributed by atoms with van der Waals surface area (Å²) >= 11 is 0. The van der Waals surface area contributed by atoms with Gasteiger partial charge in [0.2, 0.25) is 0 Å². The summed E-state index contributed by atoms with van der Waals surface area (Å²) in [7, 11) is 0. The largest absolute Gasteiger partial charge is 0.378 e. The van der Waals surface area contributed by atoms with Crippen LogP contribution in [0.1, 0.15) is 11.3 Å². The highest BCUT2D eigenvalue weighted by Crippen LogP contribution is 2.20. The highest BCUT2D eigenvalue weighted by molar-refractivity contribution is 5.56. The minimum absolute atomic E-state index is 0.726. The summed E-state index contributed by atoms with van der Waals surface area (Å²) in [6.45, 7) is 5.15. The third-order valence-corrected chi connectivity index (χ3v) is 2.38. The molecule has 14 heavy (non-hydrogen) atoms. The van der Waals surface area contributed by atoms with Gasteiger partial charge in [-0.25, -0.2) is 0 Å². The minimum Gasteiger partial charge on any atom is -0.378 e. The van der Waals surface area contributed by atoms with E-state index < -0.39 is 0 Å². The fourth-order valence-corrected chi connectivity index (χ4v) is 1.70. The molecule has 4 heteroatoms. The number of rotatable bonds is 1. The maximum absolute atomic E-state index is 8.93. The second-order valence-corrected chi connectivity index (χ2v) is 3.43. The first-order chi connectivity index (χ1) is 6.81. The van der Waals surface area contributed by atoms with Crippen LogP contribution in [0.15, 0.2) is 6.07 Å². The van der Waals surface area contributed by atoms with Gasteiger partial charge in [0.15, 0.2) is 0 Å². The van der Waals surface area contributed by atoms with E-state index in [9.17, 15) is 0 Å². The van der Waals surface area contributed by atoms with Crippen molar-refractivity contribution in [3.8, 4) is 6.07 Å². The van der Waals surface area contributed by atoms with Gasteiger partial charge in [0.25, 0.3) is 0 Å². The van der Waals surface area contributed by atoms with Crippen molar-refractivity contribution >= 4 is 5.82 Å². The van der Waals surface area contributed by atoms with Gasteiger partial charge in [0.1, 0.15) is 11.9 Å². The van der Waals surface area contributed by atoms with Crippen LogP contribution in [0.2, 0.25) is 0 Å². The van der Waals surface area contributed by atoms with Crippen LogP contribution in [0.4, 0.5) is 5.82 Å². The lowest BCUT2D eigenvalue weighted by atomic mass is 10.3. The molecular formula is C10H13N3O. The SMILES string of the molecule is Cc1cc(C#N)c(N2CCOCC2)[nH]1. The van der Waals surface area contributed by atoms with Gasteiger partial charge >= 0.3 is 0 Å². The molecule has 74 valence electrons. The van der Waals surface area contributed by atoms with Crippen molar-refractivity contribution in [2.45, 2.75) is 6.92 Å². The molecule has 1 aliphatic rings. The molecule has 1 aromatic rings. The lowest BCUT2D eigenvalue weighted by molar-refractivity contribution is 0.122. The summed E-state index contributed by atoms with van der Waals surface area (Å²) in [6.07, 6.45) is 0. The number of nitrogens with one attached hydrogen (secondary N) is 1. The van der Waals surface area contributed by atoms with Crippen LogP contribution in [0.3, 0.4) is 0 Å². The molecule has 4 nitrogen and oxygen atoms in total. The first-order valence-corrected chi connectivity index (χ1v) is 4.73. The molecule has 0 saturated carbocycles. The third kappa shape index (κ3) is 1.59. The Kier molecular flexibility index (Phi) is 2.42. The standard InChI is InChI=1S/C10H13N3O/c1-8-6-9(7-11)10(12-8)13-2-4-14-5-3-13/h6,12H,2-5H2,1H3. The number of aromatic amines is 1. The van der Waals surface area contributed by atoms with Crippen molar-refractivity contribution in [2.75, 3.05) is 31.2 Å². The Morgan fingerprint density at radius 2 is 2.21 bits per heavy atom. The number of H-pyrrole nitrogens is 1. The molecule has 1 N–H and O–H groups in total. The van der Waals surface area contributed by atoms with Crippen LogP contribution in [0.25, 0.3) is 0 Å². The zero-order chi connectivity index (χ0) is 9.97. The topological polar surface area (TPSA) is 52.1 Å². The van der Waals surface area contributed by atoms with Crippen LogP contribution in [-0.4, -0.2) is 31.3 Å². The lowest BCUT2D eigenvalue weighted by Gasteiger charge is -2.27. The molecule has 2 heterocycles. The molecule has 0 radical (unpaired) electrons. The summed E-state index contributed by atoms with van der Waals surface area (Å²) in [6, 6.07) is 4.08. The Bertz CT molecular complexity index is 358. The molecular weight excluding hydrogens is 178 g/mol. The number of aryl methyl sites for hydroxylation is 1. The summed E-state index contributed by atoms with van der Waals surface area (Å²) in [5.74, 6) is 0.938. The number of nitrogens with zero attached hydrogens (tertiary/aromatic N) is 2. The first kappa shape index (κ1) is 9.10. The zero-order valence-electron chi connectivity index (χ0n) is 8.21. The van der Waals surface area contributed by atoms with E-state index in [1.54, 1.807) is 0 Å². The normalized spacial score (nSPS) is 16.7. The summed E-state index contributed by atoms with van der Waals surface area (Å²) in [5.41, 5.74) is 1.76. The minimum atomic E-state index is 0.726. The van der Waals surface area contributed by atoms with Gasteiger partial charge in [-0.05, 0) is 13.0 Å². The molecule has 1 aromatic heterocycles. The summed E-state index contributed by atoms with van der Waals surface area (Å²) < 4.78 is 5.26. The van der Waals surface area contributed by atoms with E-state index in [1.165, 1.54) is 0 Å². The van der Waals surface area contributed by atoms with E-state index in [-0.39, 0.29) is 0 Å². The molecule has 2 rings (SSSR count). The van der Waals surface area contributed by atoms with E-state index in [4.69, 9.17) is 10.00 Å². The monoisotopic (exact) mass is 191 g/mol. The quantitative estimate of drug-likeness (QED) is 0.721. The second-order valence-electron chi connectivity index (χ2n) is 3.43. The highest BCUT2D eigenvalue weighted by Gasteiger charge is 2.16. The molecule has 0 aliphatic carbocycles. The van der Waals surface area contributed by atoms with Crippen molar-refractivity contribution < 1.29 is 4.74 Å². The number of anilines is 1. The summed E-state index contributed by atoms with van der Waals surface area (Å²) in [5, 5.41) is 8.93. The number of hydrogen-bond acceptors (Lipinski definition) is 3. The Morgan fingerprint density at radius 1 is 1.50 bits per heavy atom. The molecule has 1 fully saturated rings. The molecule has 0 bridgehead atoms. The molecule has 0 amide bonds. The second kappa shape index (κ2) is 3.72. The van der Waals surface area contributed by atoms with E-state index in [2.05, 4.69) is 16.0 Å². The summed E-state index contributed by atoms with van der Waals surface area (Å²) in [4.78, 5) is 5.37. The van der Waals surface area contributed by atoms with Crippen LogP contribution < -0.4 is 4.90 Å². The molecule has 0 unspecified atom stereocenters. The number of ether oxygens (including phenoxy) is 1. The van der Waals surface area contributed by atoms with Gasteiger partial charge < -0.3 is 14.6 Å². The number of morpholine rings is 1. The van der Waals surface area contributed by atoms with Crippen molar-refractivity contribution in [1.29, 1.82) is 5.26 Å². The molecule has 0 spiro atoms. The molecule has 1 aliphatic heterocycles. The maximum atomic E-state index is 8.93. The Morgan fingerprint density at radius 3 is 2.86 bits per heavy atom. The average Bonchev–Trinajstić information content (AvgIpc) is 2.61. The van der Waals surface area contributed by atoms with Crippen LogP contribution in [0, 0.1) is 18.3 Å². The Hall–Kier alpha value is -1.47. The fraction of sp³-hybridized carbons (Fsp3) is 0.500. The van der Waals surface area contributed by atoms with E-state index >= 15 is 0 Å². The smallest absolute Gasteiger partial charge is 0.124 e.